The van der Waals surface area contributed by atoms with Gasteiger partial charge >= 0.3 is 0 Å². The van der Waals surface area contributed by atoms with Gasteiger partial charge in [-0.25, -0.2) is 9.97 Å². The zero-order valence-corrected chi connectivity index (χ0v) is 19.5. The zero-order valence-electron chi connectivity index (χ0n) is 17.9. The maximum absolute atomic E-state index is 6.10. The van der Waals surface area contributed by atoms with Crippen LogP contribution in [0.15, 0.2) is 60.2 Å². The number of aromatic nitrogens is 2. The van der Waals surface area contributed by atoms with Crippen LogP contribution in [0.3, 0.4) is 0 Å². The average molecular weight is 465 g/mol. The van der Waals surface area contributed by atoms with Crippen LogP contribution in [0.2, 0.25) is 5.02 Å². The largest absolute Gasteiger partial charge is 0.497 e. The normalized spacial score (nSPS) is 15.2. The second-order valence-corrected chi connectivity index (χ2v) is 9.27. The van der Waals surface area contributed by atoms with Crippen LogP contribution < -0.4 is 10.1 Å². The fourth-order valence-electron chi connectivity index (χ4n) is 4.40. The summed E-state index contributed by atoms with van der Waals surface area (Å²) in [6, 6.07) is 16.6. The van der Waals surface area contributed by atoms with Gasteiger partial charge in [0.1, 0.15) is 22.7 Å². The first-order chi connectivity index (χ1) is 15.7. The molecule has 2 aromatic heterocycles. The monoisotopic (exact) mass is 464 g/mol. The number of methoxy groups -OCH3 is 1. The fourth-order valence-corrected chi connectivity index (χ4v) is 5.45. The van der Waals surface area contributed by atoms with E-state index in [0.29, 0.717) is 0 Å². The molecule has 164 valence electrons. The molecule has 5 rings (SSSR count). The number of hydrogen-bond donors (Lipinski definition) is 1. The molecule has 3 heterocycles. The SMILES string of the molecule is COc1cccc([C@H](CNc2ncnc3scc(-c4ccc(Cl)cc4)c23)N2CCCC2)c1. The van der Waals surface area contributed by atoms with Gasteiger partial charge in [0.05, 0.1) is 18.5 Å². The van der Waals surface area contributed by atoms with Crippen molar-refractivity contribution in [3.63, 3.8) is 0 Å². The molecule has 2 aromatic carbocycles. The predicted octanol–water partition coefficient (Wildman–Crippen LogP) is 6.27. The molecule has 1 N–H and O–H groups in total. The lowest BCUT2D eigenvalue weighted by atomic mass is 10.0. The second kappa shape index (κ2) is 9.45. The van der Waals surface area contributed by atoms with E-state index in [1.807, 2.05) is 30.3 Å². The number of fused-ring (bicyclic) bond motifs is 1. The van der Waals surface area contributed by atoms with Gasteiger partial charge in [-0.1, -0.05) is 35.9 Å². The topological polar surface area (TPSA) is 50.3 Å². The maximum Gasteiger partial charge on any atom is 0.138 e. The molecule has 1 saturated heterocycles. The molecular formula is C25H25ClN4OS. The van der Waals surface area contributed by atoms with Crippen molar-refractivity contribution in [3.8, 4) is 16.9 Å². The number of halogens is 1. The Bertz CT molecular complexity index is 1200. The summed E-state index contributed by atoms with van der Waals surface area (Å²) in [7, 11) is 1.72. The molecule has 0 aliphatic carbocycles. The number of hydrogen-bond acceptors (Lipinski definition) is 6. The molecule has 0 spiro atoms. The number of ether oxygens (including phenoxy) is 1. The zero-order chi connectivity index (χ0) is 21.9. The van der Waals surface area contributed by atoms with Crippen molar-refractivity contribution in [1.82, 2.24) is 14.9 Å². The summed E-state index contributed by atoms with van der Waals surface area (Å²) in [4.78, 5) is 12.7. The van der Waals surface area contributed by atoms with Crippen LogP contribution in [-0.2, 0) is 0 Å². The fraction of sp³-hybridized carbons (Fsp3) is 0.280. The minimum absolute atomic E-state index is 0.246. The van der Waals surface area contributed by atoms with Crippen molar-refractivity contribution in [2.75, 3.05) is 32.1 Å². The van der Waals surface area contributed by atoms with Crippen molar-refractivity contribution >= 4 is 39.0 Å². The van der Waals surface area contributed by atoms with E-state index in [1.54, 1.807) is 24.8 Å². The molecule has 7 heteroatoms. The van der Waals surface area contributed by atoms with Gasteiger partial charge in [0.2, 0.25) is 0 Å². The number of thiophene rings is 1. The third kappa shape index (κ3) is 4.31. The first-order valence-electron chi connectivity index (χ1n) is 10.8. The van der Waals surface area contributed by atoms with E-state index in [0.717, 1.165) is 57.6 Å². The number of nitrogens with one attached hydrogen (secondary N) is 1. The second-order valence-electron chi connectivity index (χ2n) is 7.98. The molecule has 1 atom stereocenters. The van der Waals surface area contributed by atoms with Gasteiger partial charge < -0.3 is 10.1 Å². The van der Waals surface area contributed by atoms with Crippen molar-refractivity contribution in [1.29, 1.82) is 0 Å². The highest BCUT2D eigenvalue weighted by molar-refractivity contribution is 7.17. The van der Waals surface area contributed by atoms with Crippen molar-refractivity contribution in [2.24, 2.45) is 0 Å². The predicted molar refractivity (Wildman–Crippen MR) is 133 cm³/mol. The summed E-state index contributed by atoms with van der Waals surface area (Å²) < 4.78 is 5.48. The van der Waals surface area contributed by atoms with Gasteiger partial charge in [-0.05, 0) is 61.3 Å². The van der Waals surface area contributed by atoms with Gasteiger partial charge in [0.25, 0.3) is 0 Å². The molecular weight excluding hydrogens is 440 g/mol. The van der Waals surface area contributed by atoms with E-state index >= 15 is 0 Å². The Hall–Kier alpha value is -2.67. The molecule has 0 bridgehead atoms. The van der Waals surface area contributed by atoms with Gasteiger partial charge in [-0.2, -0.15) is 0 Å². The average Bonchev–Trinajstić information content (AvgIpc) is 3.51. The molecule has 0 saturated carbocycles. The Balaban J connectivity index is 1.47. The summed E-state index contributed by atoms with van der Waals surface area (Å²) in [5, 5.41) is 7.59. The van der Waals surface area contributed by atoms with Crippen molar-refractivity contribution in [3.05, 3.63) is 70.8 Å². The standard InChI is InChI=1S/C25H25ClN4OS/c1-31-20-6-4-5-18(13-20)22(30-11-2-3-12-30)14-27-24-23-21(15-32-25(23)29-16-28-24)17-7-9-19(26)10-8-17/h4-10,13,15-16,22H,2-3,11-12,14H2,1H3,(H,27,28,29)/t22-/m0/s1. The smallest absolute Gasteiger partial charge is 0.138 e. The van der Waals surface area contributed by atoms with E-state index < -0.39 is 0 Å². The Morgan fingerprint density at radius 3 is 2.72 bits per heavy atom. The molecule has 0 amide bonds. The van der Waals surface area contributed by atoms with E-state index in [2.05, 4.69) is 43.8 Å². The van der Waals surface area contributed by atoms with Gasteiger partial charge in [-0.3, -0.25) is 4.90 Å². The minimum Gasteiger partial charge on any atom is -0.497 e. The quantitative estimate of drug-likeness (QED) is 0.349. The lowest BCUT2D eigenvalue weighted by molar-refractivity contribution is 0.255. The number of anilines is 1. The minimum atomic E-state index is 0.246. The van der Waals surface area contributed by atoms with Gasteiger partial charge in [0.15, 0.2) is 0 Å². The van der Waals surface area contributed by atoms with E-state index in [9.17, 15) is 0 Å². The molecule has 1 aliphatic rings. The number of nitrogens with zero attached hydrogens (tertiary/aromatic N) is 3. The highest BCUT2D eigenvalue weighted by Crippen LogP contribution is 2.37. The van der Waals surface area contributed by atoms with E-state index in [-0.39, 0.29) is 6.04 Å². The van der Waals surface area contributed by atoms with Crippen molar-refractivity contribution in [2.45, 2.75) is 18.9 Å². The Morgan fingerprint density at radius 1 is 1.12 bits per heavy atom. The Labute approximate surface area is 197 Å². The lowest BCUT2D eigenvalue weighted by Crippen LogP contribution is -2.31. The number of rotatable bonds is 7. The third-order valence-electron chi connectivity index (χ3n) is 6.05. The van der Waals surface area contributed by atoms with Crippen LogP contribution in [0, 0.1) is 0 Å². The lowest BCUT2D eigenvalue weighted by Gasteiger charge is -2.28. The summed E-state index contributed by atoms with van der Waals surface area (Å²) in [6.45, 7) is 2.98. The van der Waals surface area contributed by atoms with E-state index in [4.69, 9.17) is 16.3 Å². The third-order valence-corrected chi connectivity index (χ3v) is 7.19. The molecule has 5 nitrogen and oxygen atoms in total. The Kier molecular flexibility index (Phi) is 6.26. The number of benzene rings is 2. The molecule has 0 radical (unpaired) electrons. The molecule has 1 fully saturated rings. The first-order valence-corrected chi connectivity index (χ1v) is 12.1. The molecule has 32 heavy (non-hydrogen) atoms. The van der Waals surface area contributed by atoms with Crippen molar-refractivity contribution < 1.29 is 4.74 Å². The summed E-state index contributed by atoms with van der Waals surface area (Å²) >= 11 is 7.74. The van der Waals surface area contributed by atoms with Crippen LogP contribution in [0.4, 0.5) is 5.82 Å². The van der Waals surface area contributed by atoms with Crippen LogP contribution >= 0.6 is 22.9 Å². The Morgan fingerprint density at radius 2 is 1.94 bits per heavy atom. The molecule has 0 unspecified atom stereocenters. The van der Waals surface area contributed by atoms with Gasteiger partial charge in [0, 0.05) is 22.5 Å². The first kappa shape index (κ1) is 21.2. The van der Waals surface area contributed by atoms with Crippen LogP contribution in [0.5, 0.6) is 5.75 Å². The molecule has 4 aromatic rings. The van der Waals surface area contributed by atoms with Gasteiger partial charge in [-0.15, -0.1) is 11.3 Å². The van der Waals surface area contributed by atoms with Crippen LogP contribution in [-0.4, -0.2) is 41.6 Å². The maximum atomic E-state index is 6.10. The summed E-state index contributed by atoms with van der Waals surface area (Å²) in [5.41, 5.74) is 3.50. The highest BCUT2D eigenvalue weighted by atomic mass is 35.5. The summed E-state index contributed by atoms with van der Waals surface area (Å²) in [5.74, 6) is 1.76. The number of likely N-dealkylation sites (tertiary alicyclic amines) is 1. The summed E-state index contributed by atoms with van der Waals surface area (Å²) in [6.07, 6.45) is 4.12. The highest BCUT2D eigenvalue weighted by Gasteiger charge is 2.24. The van der Waals surface area contributed by atoms with Crippen LogP contribution in [0.25, 0.3) is 21.3 Å². The van der Waals surface area contributed by atoms with Crippen LogP contribution in [0.1, 0.15) is 24.4 Å². The van der Waals surface area contributed by atoms with E-state index in [1.165, 1.54) is 18.4 Å². The molecule has 1 aliphatic heterocycles.